The first-order valence-electron chi connectivity index (χ1n) is 6.92. The van der Waals surface area contributed by atoms with Crippen molar-refractivity contribution >= 4 is 17.4 Å². The molecule has 20 heavy (non-hydrogen) atoms. The van der Waals surface area contributed by atoms with E-state index >= 15 is 0 Å². The fourth-order valence-electron chi connectivity index (χ4n) is 3.10. The van der Waals surface area contributed by atoms with Crippen molar-refractivity contribution in [3.63, 3.8) is 0 Å². The molecule has 3 heterocycles. The third-order valence-corrected chi connectivity index (χ3v) is 4.15. The Labute approximate surface area is 118 Å². The fraction of sp³-hybridized carbons (Fsp3) is 0.571. The maximum absolute atomic E-state index is 12.6. The van der Waals surface area contributed by atoms with E-state index in [-0.39, 0.29) is 11.9 Å². The van der Waals surface area contributed by atoms with Crippen LogP contribution in [0.3, 0.4) is 0 Å². The number of hydrogen-bond donors (Lipinski definition) is 1. The molecule has 6 heteroatoms. The molecule has 0 spiro atoms. The Bertz CT molecular complexity index is 526. The molecule has 0 radical (unpaired) electrons. The zero-order valence-electron chi connectivity index (χ0n) is 11.9. The summed E-state index contributed by atoms with van der Waals surface area (Å²) < 4.78 is 5.41. The molecule has 0 saturated carbocycles. The number of amides is 1. The quantitative estimate of drug-likeness (QED) is 0.818. The van der Waals surface area contributed by atoms with Gasteiger partial charge >= 0.3 is 0 Å². The number of carbonyl (C=O) groups excluding carboxylic acids is 1. The number of ether oxygens (including phenoxy) is 1. The Kier molecular flexibility index (Phi) is 3.14. The van der Waals surface area contributed by atoms with Crippen molar-refractivity contribution in [3.8, 4) is 0 Å². The highest BCUT2D eigenvalue weighted by atomic mass is 16.5. The van der Waals surface area contributed by atoms with Crippen molar-refractivity contribution in [1.82, 2.24) is 4.98 Å². The van der Waals surface area contributed by atoms with E-state index in [0.717, 1.165) is 24.3 Å². The predicted octanol–water partition coefficient (Wildman–Crippen LogP) is 0.718. The van der Waals surface area contributed by atoms with Gasteiger partial charge in [-0.25, -0.2) is 4.98 Å². The van der Waals surface area contributed by atoms with Crippen LogP contribution >= 0.6 is 0 Å². The average Bonchev–Trinajstić information content (AvgIpc) is 2.46. The molecule has 2 N–H and O–H groups in total. The molecule has 0 bridgehead atoms. The number of nitrogens with two attached hydrogens (primary N) is 1. The van der Waals surface area contributed by atoms with Crippen molar-refractivity contribution in [2.75, 3.05) is 30.1 Å². The van der Waals surface area contributed by atoms with Gasteiger partial charge in [-0.1, -0.05) is 0 Å². The van der Waals surface area contributed by atoms with Gasteiger partial charge in [0.1, 0.15) is 0 Å². The summed E-state index contributed by atoms with van der Waals surface area (Å²) >= 11 is 0. The molecule has 2 aliphatic heterocycles. The van der Waals surface area contributed by atoms with Gasteiger partial charge in [0, 0.05) is 32.5 Å². The number of rotatable bonds is 1. The molecule has 1 amide bonds. The van der Waals surface area contributed by atoms with Gasteiger partial charge < -0.3 is 20.3 Å². The lowest BCUT2D eigenvalue weighted by Crippen LogP contribution is -2.69. The van der Waals surface area contributed by atoms with Crippen LogP contribution in [0, 0.1) is 0 Å². The summed E-state index contributed by atoms with van der Waals surface area (Å²) in [5.74, 6) is 0.677. The smallest absolute Gasteiger partial charge is 0.267 e. The second-order valence-electron chi connectivity index (χ2n) is 5.57. The molecule has 0 aromatic carbocycles. The molecule has 6 nitrogen and oxygen atoms in total. The number of anilines is 2. The van der Waals surface area contributed by atoms with Crippen LogP contribution in [0.5, 0.6) is 0 Å². The van der Waals surface area contributed by atoms with Gasteiger partial charge in [-0.05, 0) is 31.9 Å². The average molecular weight is 276 g/mol. The van der Waals surface area contributed by atoms with E-state index in [0.29, 0.717) is 13.2 Å². The molecule has 0 aliphatic carbocycles. The van der Waals surface area contributed by atoms with Crippen LogP contribution in [0.15, 0.2) is 18.3 Å². The second-order valence-corrected chi connectivity index (χ2v) is 5.57. The van der Waals surface area contributed by atoms with E-state index in [2.05, 4.69) is 4.98 Å². The molecule has 1 atom stereocenters. The van der Waals surface area contributed by atoms with Crippen molar-refractivity contribution in [1.29, 1.82) is 0 Å². The molecule has 108 valence electrons. The van der Waals surface area contributed by atoms with Gasteiger partial charge in [0.2, 0.25) is 0 Å². The van der Waals surface area contributed by atoms with Crippen molar-refractivity contribution < 1.29 is 9.53 Å². The first-order chi connectivity index (χ1) is 9.53. The van der Waals surface area contributed by atoms with E-state index in [4.69, 9.17) is 10.5 Å². The Morgan fingerprint density at radius 2 is 2.15 bits per heavy atom. The first-order valence-corrected chi connectivity index (χ1v) is 6.92. The molecule has 1 unspecified atom stereocenters. The van der Waals surface area contributed by atoms with Gasteiger partial charge in [-0.3, -0.25) is 4.79 Å². The van der Waals surface area contributed by atoms with Crippen molar-refractivity contribution in [3.05, 3.63) is 18.3 Å². The van der Waals surface area contributed by atoms with Crippen LogP contribution in [0.2, 0.25) is 0 Å². The third-order valence-electron chi connectivity index (χ3n) is 4.15. The predicted molar refractivity (Wildman–Crippen MR) is 76.6 cm³/mol. The SMILES string of the molecule is CN1C(=O)C(C)(N)N(C2CCOCC2)c2ncccc21. The number of pyridine rings is 1. The van der Waals surface area contributed by atoms with Gasteiger partial charge in [0.25, 0.3) is 5.91 Å². The third kappa shape index (κ3) is 1.87. The van der Waals surface area contributed by atoms with Gasteiger partial charge in [-0.2, -0.15) is 0 Å². The normalized spacial score (nSPS) is 27.6. The second kappa shape index (κ2) is 4.71. The fourth-order valence-corrected chi connectivity index (χ4v) is 3.10. The summed E-state index contributed by atoms with van der Waals surface area (Å²) in [7, 11) is 1.75. The lowest BCUT2D eigenvalue weighted by Gasteiger charge is -2.49. The summed E-state index contributed by atoms with van der Waals surface area (Å²) in [4.78, 5) is 20.6. The van der Waals surface area contributed by atoms with Crippen LogP contribution in [0.4, 0.5) is 11.5 Å². The summed E-state index contributed by atoms with van der Waals surface area (Å²) in [5.41, 5.74) is 6.10. The summed E-state index contributed by atoms with van der Waals surface area (Å²) in [6.07, 6.45) is 3.46. The van der Waals surface area contributed by atoms with Crippen molar-refractivity contribution in [2.45, 2.75) is 31.5 Å². The summed E-state index contributed by atoms with van der Waals surface area (Å²) in [5, 5.41) is 0. The highest BCUT2D eigenvalue weighted by Gasteiger charge is 2.47. The number of carbonyl (C=O) groups is 1. The topological polar surface area (TPSA) is 71.7 Å². The highest BCUT2D eigenvalue weighted by molar-refractivity contribution is 6.06. The lowest BCUT2D eigenvalue weighted by atomic mass is 9.98. The van der Waals surface area contributed by atoms with Crippen LogP contribution in [-0.4, -0.2) is 42.9 Å². The number of fused-ring (bicyclic) bond motifs is 1. The number of likely N-dealkylation sites (N-methyl/N-ethyl adjacent to an activating group) is 1. The molecule has 2 aliphatic rings. The number of hydrogen-bond acceptors (Lipinski definition) is 5. The molecular weight excluding hydrogens is 256 g/mol. The Hall–Kier alpha value is -1.66. The Morgan fingerprint density at radius 3 is 2.85 bits per heavy atom. The zero-order chi connectivity index (χ0) is 14.3. The van der Waals surface area contributed by atoms with E-state index in [1.54, 1.807) is 25.1 Å². The van der Waals surface area contributed by atoms with E-state index in [9.17, 15) is 4.79 Å². The standard InChI is InChI=1S/C14H20N4O2/c1-14(15)13(19)17(2)11-4-3-7-16-12(11)18(14)10-5-8-20-9-6-10/h3-4,7,10H,5-6,8-9,15H2,1-2H3. The molecular formula is C14H20N4O2. The number of aromatic nitrogens is 1. The summed E-state index contributed by atoms with van der Waals surface area (Å²) in [6.45, 7) is 3.16. The molecule has 1 aromatic rings. The minimum atomic E-state index is -1.07. The molecule has 1 fully saturated rings. The van der Waals surface area contributed by atoms with Gasteiger partial charge in [0.15, 0.2) is 11.5 Å². The van der Waals surface area contributed by atoms with Gasteiger partial charge in [0.05, 0.1) is 5.69 Å². The van der Waals surface area contributed by atoms with Crippen LogP contribution < -0.4 is 15.5 Å². The minimum Gasteiger partial charge on any atom is -0.381 e. The van der Waals surface area contributed by atoms with Crippen LogP contribution in [0.1, 0.15) is 19.8 Å². The summed E-state index contributed by atoms with van der Waals surface area (Å²) in [6, 6.07) is 3.93. The monoisotopic (exact) mass is 276 g/mol. The molecule has 1 aromatic heterocycles. The Morgan fingerprint density at radius 1 is 1.45 bits per heavy atom. The van der Waals surface area contributed by atoms with Crippen molar-refractivity contribution in [2.24, 2.45) is 5.73 Å². The lowest BCUT2D eigenvalue weighted by molar-refractivity contribution is -0.123. The zero-order valence-corrected chi connectivity index (χ0v) is 11.9. The van der Waals surface area contributed by atoms with E-state index < -0.39 is 5.66 Å². The van der Waals surface area contributed by atoms with E-state index in [1.807, 2.05) is 17.0 Å². The highest BCUT2D eigenvalue weighted by Crippen LogP contribution is 2.39. The van der Waals surface area contributed by atoms with Crippen LogP contribution in [-0.2, 0) is 9.53 Å². The van der Waals surface area contributed by atoms with E-state index in [1.165, 1.54) is 0 Å². The first kappa shape index (κ1) is 13.3. The maximum atomic E-state index is 12.6. The largest absolute Gasteiger partial charge is 0.381 e. The van der Waals surface area contributed by atoms with Crippen LogP contribution in [0.25, 0.3) is 0 Å². The Balaban J connectivity index is 2.09. The number of nitrogens with zero attached hydrogens (tertiary/aromatic N) is 3. The minimum absolute atomic E-state index is 0.107. The molecule has 3 rings (SSSR count). The maximum Gasteiger partial charge on any atom is 0.267 e. The van der Waals surface area contributed by atoms with Gasteiger partial charge in [-0.15, -0.1) is 0 Å². The molecule has 1 saturated heterocycles.